The largest absolute Gasteiger partial charge is 0.449 e. The second-order valence-electron chi connectivity index (χ2n) is 7.65. The van der Waals surface area contributed by atoms with E-state index in [9.17, 15) is 9.59 Å². The van der Waals surface area contributed by atoms with Crippen molar-refractivity contribution in [3.8, 4) is 5.75 Å². The molecule has 1 N–H and O–H groups in total. The molecule has 2 aliphatic rings. The second-order valence-corrected chi connectivity index (χ2v) is 7.65. The van der Waals surface area contributed by atoms with Gasteiger partial charge >= 0.3 is 0 Å². The number of carbonyl (C=O) groups is 2. The van der Waals surface area contributed by atoms with Crippen molar-refractivity contribution >= 4 is 29.4 Å². The lowest BCUT2D eigenvalue weighted by atomic mass is 10.1. The Morgan fingerprint density at radius 2 is 1.69 bits per heavy atom. The number of hydrogen-bond acceptors (Lipinski definition) is 5. The van der Waals surface area contributed by atoms with Crippen LogP contribution in [-0.2, 0) is 4.79 Å². The van der Waals surface area contributed by atoms with E-state index in [2.05, 4.69) is 15.2 Å². The molecule has 0 bridgehead atoms. The lowest BCUT2D eigenvalue weighted by molar-refractivity contribution is -0.115. The third-order valence-electron chi connectivity index (χ3n) is 5.57. The van der Waals surface area contributed by atoms with Crippen LogP contribution in [0.15, 0.2) is 78.7 Å². The molecule has 7 heteroatoms. The number of ether oxygens (including phenoxy) is 1. The summed E-state index contributed by atoms with van der Waals surface area (Å²) in [5, 5.41) is 2.82. The lowest BCUT2D eigenvalue weighted by Crippen LogP contribution is -2.49. The lowest BCUT2D eigenvalue weighted by Gasteiger charge is -2.35. The number of carbonyl (C=O) groups excluding carboxylic acids is 2. The van der Waals surface area contributed by atoms with E-state index in [1.807, 2.05) is 47.4 Å². The predicted molar refractivity (Wildman–Crippen MR) is 122 cm³/mol. The first-order chi connectivity index (χ1) is 15.7. The highest BCUT2D eigenvalue weighted by molar-refractivity contribution is 6.08. The number of rotatable bonds is 3. The first-order valence-corrected chi connectivity index (χ1v) is 10.5. The van der Waals surface area contributed by atoms with E-state index in [0.717, 1.165) is 24.5 Å². The molecule has 160 valence electrons. The molecule has 2 aromatic carbocycles. The van der Waals surface area contributed by atoms with Crippen molar-refractivity contribution in [2.45, 2.75) is 0 Å². The van der Waals surface area contributed by atoms with Gasteiger partial charge in [0.2, 0.25) is 0 Å². The van der Waals surface area contributed by atoms with E-state index in [0.29, 0.717) is 30.1 Å². The van der Waals surface area contributed by atoms with Crippen molar-refractivity contribution in [3.05, 3.63) is 89.8 Å². The third-order valence-corrected chi connectivity index (χ3v) is 5.57. The van der Waals surface area contributed by atoms with Crippen LogP contribution in [0, 0.1) is 0 Å². The van der Waals surface area contributed by atoms with Gasteiger partial charge in [-0.3, -0.25) is 9.59 Å². The molecule has 0 atom stereocenters. The van der Waals surface area contributed by atoms with Gasteiger partial charge in [-0.25, -0.2) is 4.98 Å². The molecular formula is C25H22N4O3. The molecule has 5 rings (SSSR count). The molecule has 1 fully saturated rings. The Morgan fingerprint density at radius 1 is 0.938 bits per heavy atom. The molecule has 3 aromatic rings. The SMILES string of the molecule is O=C1Nc2ccccc2O/C1=C\c1ccc(C(=O)N2CCN(c3ccccn3)CC2)cc1. The predicted octanol–water partition coefficient (Wildman–Crippen LogP) is 3.42. The summed E-state index contributed by atoms with van der Waals surface area (Å²) in [5.41, 5.74) is 2.06. The Hall–Kier alpha value is -4.13. The number of para-hydroxylation sites is 2. The average Bonchev–Trinajstić information content (AvgIpc) is 2.85. The highest BCUT2D eigenvalue weighted by atomic mass is 16.5. The zero-order valence-electron chi connectivity index (χ0n) is 17.4. The van der Waals surface area contributed by atoms with Gasteiger partial charge in [-0.05, 0) is 48.0 Å². The fraction of sp³-hybridized carbons (Fsp3) is 0.160. The molecule has 0 saturated carbocycles. The summed E-state index contributed by atoms with van der Waals surface area (Å²) in [4.78, 5) is 33.7. The molecule has 1 saturated heterocycles. The Morgan fingerprint density at radius 3 is 2.44 bits per heavy atom. The molecule has 0 spiro atoms. The fourth-order valence-corrected chi connectivity index (χ4v) is 3.84. The Balaban J connectivity index is 1.24. The summed E-state index contributed by atoms with van der Waals surface area (Å²) >= 11 is 0. The summed E-state index contributed by atoms with van der Waals surface area (Å²) < 4.78 is 5.73. The van der Waals surface area contributed by atoms with E-state index in [4.69, 9.17) is 4.74 Å². The van der Waals surface area contributed by atoms with Crippen LogP contribution < -0.4 is 15.0 Å². The van der Waals surface area contributed by atoms with Crippen LogP contribution in [0.1, 0.15) is 15.9 Å². The minimum absolute atomic E-state index is 0.00506. The third kappa shape index (κ3) is 4.05. The van der Waals surface area contributed by atoms with E-state index < -0.39 is 0 Å². The summed E-state index contributed by atoms with van der Waals surface area (Å²) in [6, 6.07) is 20.4. The quantitative estimate of drug-likeness (QED) is 0.650. The summed E-state index contributed by atoms with van der Waals surface area (Å²) in [7, 11) is 0. The zero-order valence-corrected chi connectivity index (χ0v) is 17.4. The number of aromatic nitrogens is 1. The molecule has 0 radical (unpaired) electrons. The zero-order chi connectivity index (χ0) is 21.9. The van der Waals surface area contributed by atoms with Crippen LogP contribution >= 0.6 is 0 Å². The van der Waals surface area contributed by atoms with E-state index in [1.54, 1.807) is 36.5 Å². The number of nitrogens with zero attached hydrogens (tertiary/aromatic N) is 3. The molecule has 7 nitrogen and oxygen atoms in total. The Kier molecular flexibility index (Phi) is 5.29. The maximum atomic E-state index is 12.9. The smallest absolute Gasteiger partial charge is 0.291 e. The highest BCUT2D eigenvalue weighted by Gasteiger charge is 2.23. The van der Waals surface area contributed by atoms with Gasteiger partial charge in [-0.15, -0.1) is 0 Å². The number of piperazine rings is 1. The summed E-state index contributed by atoms with van der Waals surface area (Å²) in [6.07, 6.45) is 3.45. The number of anilines is 2. The van der Waals surface area contributed by atoms with Crippen molar-refractivity contribution in [1.82, 2.24) is 9.88 Å². The average molecular weight is 426 g/mol. The topological polar surface area (TPSA) is 74.8 Å². The van der Waals surface area contributed by atoms with Crippen molar-refractivity contribution in [2.75, 3.05) is 36.4 Å². The van der Waals surface area contributed by atoms with Crippen LogP contribution in [0.2, 0.25) is 0 Å². The van der Waals surface area contributed by atoms with Crippen molar-refractivity contribution in [2.24, 2.45) is 0 Å². The van der Waals surface area contributed by atoms with E-state index in [-0.39, 0.29) is 17.6 Å². The number of hydrogen-bond donors (Lipinski definition) is 1. The molecule has 1 aromatic heterocycles. The van der Waals surface area contributed by atoms with Crippen LogP contribution in [0.4, 0.5) is 11.5 Å². The molecule has 0 aliphatic carbocycles. The second kappa shape index (κ2) is 8.55. The van der Waals surface area contributed by atoms with Crippen LogP contribution in [0.25, 0.3) is 6.08 Å². The van der Waals surface area contributed by atoms with Crippen molar-refractivity contribution in [3.63, 3.8) is 0 Å². The first-order valence-electron chi connectivity index (χ1n) is 10.5. The number of benzene rings is 2. The fourth-order valence-electron chi connectivity index (χ4n) is 3.84. The van der Waals surface area contributed by atoms with Crippen molar-refractivity contribution < 1.29 is 14.3 Å². The molecule has 0 unspecified atom stereocenters. The van der Waals surface area contributed by atoms with Gasteiger partial charge in [0.05, 0.1) is 5.69 Å². The summed E-state index contributed by atoms with van der Waals surface area (Å²) in [5.74, 6) is 1.47. The minimum atomic E-state index is -0.297. The summed E-state index contributed by atoms with van der Waals surface area (Å²) in [6.45, 7) is 2.80. The molecule has 32 heavy (non-hydrogen) atoms. The van der Waals surface area contributed by atoms with Gasteiger partial charge in [0.1, 0.15) is 5.82 Å². The molecule has 3 heterocycles. The van der Waals surface area contributed by atoms with Gasteiger partial charge in [0.15, 0.2) is 11.5 Å². The maximum absolute atomic E-state index is 12.9. The van der Waals surface area contributed by atoms with Crippen LogP contribution in [0.3, 0.4) is 0 Å². The number of pyridine rings is 1. The molecule has 2 amide bonds. The van der Waals surface area contributed by atoms with E-state index >= 15 is 0 Å². The van der Waals surface area contributed by atoms with Gasteiger partial charge in [0.25, 0.3) is 11.8 Å². The number of nitrogens with one attached hydrogen (secondary N) is 1. The van der Waals surface area contributed by atoms with Crippen LogP contribution in [0.5, 0.6) is 5.75 Å². The minimum Gasteiger partial charge on any atom is -0.449 e. The van der Waals surface area contributed by atoms with Crippen LogP contribution in [-0.4, -0.2) is 47.9 Å². The molecule has 2 aliphatic heterocycles. The standard InChI is InChI=1S/C25H22N4O3/c30-24-22(32-21-6-2-1-5-20(21)27-24)17-18-8-10-19(11-9-18)25(31)29-15-13-28(14-16-29)23-7-3-4-12-26-23/h1-12,17H,13-16H2,(H,27,30)/b22-17-. The highest BCUT2D eigenvalue weighted by Crippen LogP contribution is 2.30. The molecular weight excluding hydrogens is 404 g/mol. The van der Waals surface area contributed by atoms with Gasteiger partial charge in [0, 0.05) is 37.9 Å². The normalized spacial score (nSPS) is 16.9. The van der Waals surface area contributed by atoms with Gasteiger partial charge < -0.3 is 19.9 Å². The maximum Gasteiger partial charge on any atom is 0.291 e. The Labute approximate surface area is 185 Å². The Bertz CT molecular complexity index is 1170. The van der Waals surface area contributed by atoms with Crippen molar-refractivity contribution in [1.29, 1.82) is 0 Å². The number of amides is 2. The monoisotopic (exact) mass is 426 g/mol. The van der Waals surface area contributed by atoms with Gasteiger partial charge in [-0.1, -0.05) is 30.3 Å². The first kappa shape index (κ1) is 19.8. The van der Waals surface area contributed by atoms with E-state index in [1.165, 1.54) is 0 Å². The number of fused-ring (bicyclic) bond motifs is 1. The van der Waals surface area contributed by atoms with Gasteiger partial charge in [-0.2, -0.15) is 0 Å².